The standard InChI is InChI=1S/C5H10N2S/c6-2-1-5-7-3-4-8-5/h3-5,7H,1-2,6H2. The van der Waals surface area contributed by atoms with Crippen LogP contribution in [0.25, 0.3) is 0 Å². The second-order valence-corrected chi connectivity index (χ2v) is 2.78. The maximum absolute atomic E-state index is 5.33. The van der Waals surface area contributed by atoms with E-state index < -0.39 is 0 Å². The summed E-state index contributed by atoms with van der Waals surface area (Å²) in [5, 5.41) is 5.76. The molecule has 0 aromatic carbocycles. The van der Waals surface area contributed by atoms with Crippen LogP contribution in [0.15, 0.2) is 11.6 Å². The van der Waals surface area contributed by atoms with E-state index in [1.807, 2.05) is 6.20 Å². The molecule has 0 amide bonds. The monoisotopic (exact) mass is 130 g/mol. The summed E-state index contributed by atoms with van der Waals surface area (Å²) >= 11 is 1.80. The molecule has 0 bridgehead atoms. The zero-order valence-corrected chi connectivity index (χ0v) is 5.45. The molecule has 0 saturated heterocycles. The normalized spacial score (nSPS) is 25.9. The Kier molecular flexibility index (Phi) is 2.24. The van der Waals surface area contributed by atoms with Gasteiger partial charge in [-0.25, -0.2) is 0 Å². The van der Waals surface area contributed by atoms with Crippen molar-refractivity contribution in [1.29, 1.82) is 0 Å². The number of nitrogens with two attached hydrogens (primary N) is 1. The second-order valence-electron chi connectivity index (χ2n) is 1.67. The molecule has 1 aliphatic rings. The third kappa shape index (κ3) is 1.42. The number of hydrogen-bond acceptors (Lipinski definition) is 3. The van der Waals surface area contributed by atoms with E-state index in [1.54, 1.807) is 11.8 Å². The van der Waals surface area contributed by atoms with Crippen molar-refractivity contribution < 1.29 is 0 Å². The topological polar surface area (TPSA) is 38.0 Å². The van der Waals surface area contributed by atoms with Crippen LogP contribution in [0.3, 0.4) is 0 Å². The molecule has 3 heteroatoms. The van der Waals surface area contributed by atoms with Crippen LogP contribution in [0.2, 0.25) is 0 Å². The Morgan fingerprint density at radius 2 is 2.62 bits per heavy atom. The molecule has 3 N–H and O–H groups in total. The summed E-state index contributed by atoms with van der Waals surface area (Å²) in [6, 6.07) is 0. The van der Waals surface area contributed by atoms with Gasteiger partial charge in [0.25, 0.3) is 0 Å². The fourth-order valence-electron chi connectivity index (χ4n) is 0.623. The summed E-state index contributed by atoms with van der Waals surface area (Å²) in [7, 11) is 0. The summed E-state index contributed by atoms with van der Waals surface area (Å²) in [6.45, 7) is 0.770. The van der Waals surface area contributed by atoms with Gasteiger partial charge in [-0.1, -0.05) is 0 Å². The van der Waals surface area contributed by atoms with Crippen molar-refractivity contribution in [2.45, 2.75) is 11.8 Å². The van der Waals surface area contributed by atoms with E-state index in [2.05, 4.69) is 10.7 Å². The highest BCUT2D eigenvalue weighted by atomic mass is 32.2. The first-order valence-electron chi connectivity index (χ1n) is 2.70. The molecule has 0 saturated carbocycles. The molecule has 1 rings (SSSR count). The molecule has 0 spiro atoms. The van der Waals surface area contributed by atoms with E-state index in [0.29, 0.717) is 5.37 Å². The zero-order valence-electron chi connectivity index (χ0n) is 4.63. The Labute approximate surface area is 53.5 Å². The molecule has 0 aliphatic carbocycles. The molecule has 2 nitrogen and oxygen atoms in total. The molecular formula is C5H10N2S. The zero-order chi connectivity index (χ0) is 5.82. The van der Waals surface area contributed by atoms with Gasteiger partial charge in [0.15, 0.2) is 0 Å². The lowest BCUT2D eigenvalue weighted by molar-refractivity contribution is 0.723. The van der Waals surface area contributed by atoms with E-state index in [9.17, 15) is 0 Å². The molecule has 1 aliphatic heterocycles. The average Bonchev–Trinajstić information content (AvgIpc) is 2.19. The minimum Gasteiger partial charge on any atom is -0.378 e. The van der Waals surface area contributed by atoms with Gasteiger partial charge in [-0.2, -0.15) is 0 Å². The quantitative estimate of drug-likeness (QED) is 0.570. The van der Waals surface area contributed by atoms with Crippen molar-refractivity contribution >= 4 is 11.8 Å². The van der Waals surface area contributed by atoms with Crippen molar-refractivity contribution in [2.24, 2.45) is 5.73 Å². The van der Waals surface area contributed by atoms with E-state index in [4.69, 9.17) is 5.73 Å². The van der Waals surface area contributed by atoms with E-state index in [-0.39, 0.29) is 0 Å². The Morgan fingerprint density at radius 1 is 1.75 bits per heavy atom. The van der Waals surface area contributed by atoms with Gasteiger partial charge in [0, 0.05) is 6.20 Å². The second kappa shape index (κ2) is 2.99. The summed E-state index contributed by atoms with van der Waals surface area (Å²) < 4.78 is 0. The molecule has 46 valence electrons. The largest absolute Gasteiger partial charge is 0.378 e. The van der Waals surface area contributed by atoms with Crippen LogP contribution in [0.4, 0.5) is 0 Å². The number of thioether (sulfide) groups is 1. The molecule has 0 radical (unpaired) electrons. The minimum absolute atomic E-state index is 0.542. The van der Waals surface area contributed by atoms with Crippen LogP contribution >= 0.6 is 11.8 Å². The first-order chi connectivity index (χ1) is 3.93. The lowest BCUT2D eigenvalue weighted by Gasteiger charge is -2.05. The van der Waals surface area contributed by atoms with Crippen LogP contribution in [-0.4, -0.2) is 11.9 Å². The number of nitrogens with one attached hydrogen (secondary N) is 1. The van der Waals surface area contributed by atoms with E-state index in [0.717, 1.165) is 13.0 Å². The first-order valence-corrected chi connectivity index (χ1v) is 3.64. The highest BCUT2D eigenvalue weighted by Gasteiger charge is 2.06. The Morgan fingerprint density at radius 3 is 3.12 bits per heavy atom. The highest BCUT2D eigenvalue weighted by molar-refractivity contribution is 8.02. The Hall–Kier alpha value is -0.150. The summed E-state index contributed by atoms with van der Waals surface area (Å²) in [5.74, 6) is 0. The third-order valence-electron chi connectivity index (χ3n) is 1.02. The van der Waals surface area contributed by atoms with Gasteiger partial charge in [0.05, 0.1) is 5.37 Å². The van der Waals surface area contributed by atoms with Crippen molar-refractivity contribution in [3.8, 4) is 0 Å². The molecule has 0 fully saturated rings. The van der Waals surface area contributed by atoms with Gasteiger partial charge in [-0.15, -0.1) is 11.8 Å². The minimum atomic E-state index is 0.542. The molecular weight excluding hydrogens is 120 g/mol. The summed E-state index contributed by atoms with van der Waals surface area (Å²) in [6.07, 6.45) is 3.02. The van der Waals surface area contributed by atoms with Gasteiger partial charge in [0.1, 0.15) is 0 Å². The first kappa shape index (κ1) is 5.98. The fourth-order valence-corrected chi connectivity index (χ4v) is 1.40. The van der Waals surface area contributed by atoms with Gasteiger partial charge < -0.3 is 11.1 Å². The third-order valence-corrected chi connectivity index (χ3v) is 2.02. The van der Waals surface area contributed by atoms with Gasteiger partial charge >= 0.3 is 0 Å². The van der Waals surface area contributed by atoms with Crippen LogP contribution in [0.5, 0.6) is 0 Å². The number of rotatable bonds is 2. The average molecular weight is 130 g/mol. The van der Waals surface area contributed by atoms with Crippen molar-refractivity contribution in [3.05, 3.63) is 11.6 Å². The van der Waals surface area contributed by atoms with E-state index >= 15 is 0 Å². The molecule has 8 heavy (non-hydrogen) atoms. The van der Waals surface area contributed by atoms with Crippen LogP contribution in [-0.2, 0) is 0 Å². The lowest BCUT2D eigenvalue weighted by Crippen LogP contribution is -2.19. The fraction of sp³-hybridized carbons (Fsp3) is 0.600. The van der Waals surface area contributed by atoms with Crippen molar-refractivity contribution in [3.63, 3.8) is 0 Å². The van der Waals surface area contributed by atoms with E-state index in [1.165, 1.54) is 0 Å². The van der Waals surface area contributed by atoms with Crippen molar-refractivity contribution in [1.82, 2.24) is 5.32 Å². The van der Waals surface area contributed by atoms with Crippen LogP contribution < -0.4 is 11.1 Å². The highest BCUT2D eigenvalue weighted by Crippen LogP contribution is 2.16. The molecule has 1 heterocycles. The van der Waals surface area contributed by atoms with Crippen LogP contribution in [0.1, 0.15) is 6.42 Å². The number of hydrogen-bond donors (Lipinski definition) is 2. The summed E-state index contributed by atoms with van der Waals surface area (Å²) in [5.41, 5.74) is 5.33. The molecule has 0 aromatic heterocycles. The maximum atomic E-state index is 5.33. The SMILES string of the molecule is NCCC1NC=CS1. The van der Waals surface area contributed by atoms with Gasteiger partial charge in [-0.3, -0.25) is 0 Å². The predicted octanol–water partition coefficient (Wildman–Crippen LogP) is 0.469. The lowest BCUT2D eigenvalue weighted by atomic mass is 10.4. The van der Waals surface area contributed by atoms with Gasteiger partial charge in [-0.05, 0) is 18.4 Å². The molecule has 1 atom stereocenters. The predicted molar refractivity (Wildman–Crippen MR) is 37.3 cm³/mol. The Balaban J connectivity index is 2.10. The maximum Gasteiger partial charge on any atom is 0.0770 e. The van der Waals surface area contributed by atoms with Crippen LogP contribution in [0, 0.1) is 0 Å². The Bertz CT molecular complexity index is 84.4. The smallest absolute Gasteiger partial charge is 0.0770 e. The molecule has 0 aromatic rings. The molecule has 1 unspecified atom stereocenters. The van der Waals surface area contributed by atoms with Crippen molar-refractivity contribution in [2.75, 3.05) is 6.54 Å². The van der Waals surface area contributed by atoms with Gasteiger partial charge in [0.2, 0.25) is 0 Å². The summed E-state index contributed by atoms with van der Waals surface area (Å²) in [4.78, 5) is 0.